The van der Waals surface area contributed by atoms with Gasteiger partial charge in [0.25, 0.3) is 5.56 Å². The number of benzene rings is 2. The number of halogens is 1. The van der Waals surface area contributed by atoms with Crippen LogP contribution in [0, 0.1) is 23.1 Å². The number of hydrogen-bond acceptors (Lipinski definition) is 5. The third-order valence-electron chi connectivity index (χ3n) is 5.53. The quantitative estimate of drug-likeness (QED) is 0.318. The van der Waals surface area contributed by atoms with Crippen molar-refractivity contribution >= 4 is 23.3 Å². The molecule has 8 heteroatoms. The Morgan fingerprint density at radius 3 is 2.62 bits per heavy atom. The minimum absolute atomic E-state index is 0.268. The van der Waals surface area contributed by atoms with E-state index in [0.29, 0.717) is 27.7 Å². The van der Waals surface area contributed by atoms with Crippen molar-refractivity contribution in [2.24, 2.45) is 15.9 Å². The summed E-state index contributed by atoms with van der Waals surface area (Å²) in [6, 6.07) is 16.5. The van der Waals surface area contributed by atoms with Crippen LogP contribution >= 0.6 is 0 Å². The fraction of sp³-hybridized carbons (Fsp3) is 0.154. The second-order valence-corrected chi connectivity index (χ2v) is 7.76. The van der Waals surface area contributed by atoms with Crippen molar-refractivity contribution in [3.8, 4) is 22.9 Å². The maximum Gasteiger partial charge on any atom is 0.263 e. The van der Waals surface area contributed by atoms with Gasteiger partial charge in [-0.15, -0.1) is 0 Å². The monoisotopic (exact) mass is 452 g/mol. The standard InChI is InChI=1S/C26H21FN6O/c1-16(14-28)25(29-3)32-17(2)23-12-18-6-4-9-22(19-10-11-30-31-15-19)24(18)26(34)33(23)21-8-5-7-20(27)13-21/h4-13,15-17H,3H2,1-2H3. The fourth-order valence-corrected chi connectivity index (χ4v) is 3.87. The summed E-state index contributed by atoms with van der Waals surface area (Å²) in [5.74, 6) is -0.768. The van der Waals surface area contributed by atoms with Gasteiger partial charge in [0, 0.05) is 5.56 Å². The predicted molar refractivity (Wildman–Crippen MR) is 131 cm³/mol. The molecule has 2 aromatic heterocycles. The molecule has 2 atom stereocenters. The molecule has 2 aromatic carbocycles. The number of aromatic nitrogens is 3. The van der Waals surface area contributed by atoms with E-state index >= 15 is 0 Å². The fourth-order valence-electron chi connectivity index (χ4n) is 3.87. The largest absolute Gasteiger partial charge is 0.278 e. The first kappa shape index (κ1) is 22.7. The molecule has 0 radical (unpaired) electrons. The third-order valence-corrected chi connectivity index (χ3v) is 5.53. The summed E-state index contributed by atoms with van der Waals surface area (Å²) in [7, 11) is 0. The number of nitriles is 1. The molecule has 7 nitrogen and oxygen atoms in total. The van der Waals surface area contributed by atoms with E-state index in [1.165, 1.54) is 16.7 Å². The molecule has 168 valence electrons. The van der Waals surface area contributed by atoms with Gasteiger partial charge in [-0.05, 0) is 61.8 Å². The zero-order valence-electron chi connectivity index (χ0n) is 18.7. The van der Waals surface area contributed by atoms with Gasteiger partial charge in [-0.25, -0.2) is 9.38 Å². The Bertz CT molecular complexity index is 1500. The maximum atomic E-state index is 14.2. The normalized spacial score (nSPS) is 13.3. The van der Waals surface area contributed by atoms with Crippen molar-refractivity contribution in [3.63, 3.8) is 0 Å². The minimum atomic E-state index is -0.569. The number of pyridine rings is 1. The summed E-state index contributed by atoms with van der Waals surface area (Å²) in [6.45, 7) is 6.99. The first-order chi connectivity index (χ1) is 16.4. The summed E-state index contributed by atoms with van der Waals surface area (Å²) in [6.07, 6.45) is 3.15. The van der Waals surface area contributed by atoms with Gasteiger partial charge in [0.05, 0.1) is 41.3 Å². The highest BCUT2D eigenvalue weighted by atomic mass is 19.1. The Hall–Kier alpha value is -4.51. The van der Waals surface area contributed by atoms with Crippen molar-refractivity contribution < 1.29 is 4.39 Å². The van der Waals surface area contributed by atoms with Gasteiger partial charge in [0.2, 0.25) is 0 Å². The molecule has 0 spiro atoms. The van der Waals surface area contributed by atoms with Crippen LogP contribution in [0.3, 0.4) is 0 Å². The Morgan fingerprint density at radius 1 is 1.15 bits per heavy atom. The van der Waals surface area contributed by atoms with Crippen LogP contribution in [0.2, 0.25) is 0 Å². The molecule has 0 aliphatic carbocycles. The molecule has 34 heavy (non-hydrogen) atoms. The van der Waals surface area contributed by atoms with E-state index in [1.807, 2.05) is 24.3 Å². The lowest BCUT2D eigenvalue weighted by Gasteiger charge is -2.19. The Labute approximate surface area is 195 Å². The number of nitrogens with zero attached hydrogens (tertiary/aromatic N) is 6. The van der Waals surface area contributed by atoms with Crippen LogP contribution in [0.15, 0.2) is 81.8 Å². The van der Waals surface area contributed by atoms with E-state index < -0.39 is 17.8 Å². The van der Waals surface area contributed by atoms with Crippen LogP contribution in [0.4, 0.5) is 4.39 Å². The summed E-state index contributed by atoms with van der Waals surface area (Å²) in [4.78, 5) is 22.4. The summed E-state index contributed by atoms with van der Waals surface area (Å²) >= 11 is 0. The number of hydrogen-bond donors (Lipinski definition) is 0. The van der Waals surface area contributed by atoms with Crippen LogP contribution in [0.5, 0.6) is 0 Å². The van der Waals surface area contributed by atoms with Crippen LogP contribution in [0.1, 0.15) is 25.6 Å². The molecule has 2 unspecified atom stereocenters. The molecule has 0 fully saturated rings. The van der Waals surface area contributed by atoms with E-state index in [0.717, 1.165) is 5.56 Å². The van der Waals surface area contributed by atoms with Crippen molar-refractivity contribution in [3.05, 3.63) is 88.9 Å². The van der Waals surface area contributed by atoms with Gasteiger partial charge in [-0.2, -0.15) is 15.5 Å². The van der Waals surface area contributed by atoms with Crippen LogP contribution in [0.25, 0.3) is 27.6 Å². The Balaban J connectivity index is 2.06. The number of rotatable bonds is 5. The average molecular weight is 452 g/mol. The molecule has 2 heterocycles. The molecule has 0 bridgehead atoms. The summed E-state index contributed by atoms with van der Waals surface area (Å²) in [5, 5.41) is 18.2. The highest BCUT2D eigenvalue weighted by Crippen LogP contribution is 2.30. The first-order valence-corrected chi connectivity index (χ1v) is 10.6. The highest BCUT2D eigenvalue weighted by Gasteiger charge is 2.20. The zero-order chi connectivity index (χ0) is 24.2. The lowest BCUT2D eigenvalue weighted by molar-refractivity contribution is 0.625. The topological polar surface area (TPSA) is 96.3 Å². The van der Waals surface area contributed by atoms with Crippen molar-refractivity contribution in [2.75, 3.05) is 0 Å². The van der Waals surface area contributed by atoms with Crippen molar-refractivity contribution in [2.45, 2.75) is 19.9 Å². The van der Waals surface area contributed by atoms with E-state index in [2.05, 4.69) is 33.0 Å². The van der Waals surface area contributed by atoms with Crippen LogP contribution in [-0.2, 0) is 0 Å². The smallest absolute Gasteiger partial charge is 0.263 e. The van der Waals surface area contributed by atoms with Gasteiger partial charge in [-0.3, -0.25) is 14.4 Å². The number of fused-ring (bicyclic) bond motifs is 1. The zero-order valence-corrected chi connectivity index (χ0v) is 18.7. The molecule has 4 rings (SSSR count). The molecule has 0 aliphatic rings. The van der Waals surface area contributed by atoms with E-state index in [1.54, 1.807) is 44.4 Å². The summed E-state index contributed by atoms with van der Waals surface area (Å²) in [5.41, 5.74) is 2.00. The van der Waals surface area contributed by atoms with E-state index in [9.17, 15) is 14.4 Å². The second-order valence-electron chi connectivity index (χ2n) is 7.76. The van der Waals surface area contributed by atoms with Crippen LogP contribution in [-0.4, -0.2) is 27.3 Å². The van der Waals surface area contributed by atoms with Gasteiger partial charge < -0.3 is 0 Å². The average Bonchev–Trinajstić information content (AvgIpc) is 2.86. The molecule has 4 aromatic rings. The highest BCUT2D eigenvalue weighted by molar-refractivity contribution is 5.96. The number of aliphatic imine (C=N–C) groups is 2. The molecule has 0 amide bonds. The summed E-state index contributed by atoms with van der Waals surface area (Å²) < 4.78 is 15.6. The minimum Gasteiger partial charge on any atom is -0.278 e. The van der Waals surface area contributed by atoms with Crippen LogP contribution < -0.4 is 5.56 Å². The molecule has 0 saturated heterocycles. The van der Waals surface area contributed by atoms with E-state index in [-0.39, 0.29) is 11.4 Å². The maximum absolute atomic E-state index is 14.2. The molecular weight excluding hydrogens is 431 g/mol. The first-order valence-electron chi connectivity index (χ1n) is 10.6. The SMILES string of the molecule is C=NC(=NC(C)c1cc2cccc(-c3ccnnc3)c2c(=O)n1-c1cccc(F)c1)C(C)C#N. The Morgan fingerprint density at radius 2 is 1.94 bits per heavy atom. The molecule has 0 N–H and O–H groups in total. The molecule has 0 saturated carbocycles. The third kappa shape index (κ3) is 4.24. The van der Waals surface area contributed by atoms with Crippen molar-refractivity contribution in [1.82, 2.24) is 14.8 Å². The van der Waals surface area contributed by atoms with Gasteiger partial charge >= 0.3 is 0 Å². The predicted octanol–water partition coefficient (Wildman–Crippen LogP) is 4.91. The molecule has 0 aliphatic heterocycles. The number of amidine groups is 1. The Kier molecular flexibility index (Phi) is 6.37. The molecular formula is C26H21FN6O. The van der Waals surface area contributed by atoms with Crippen molar-refractivity contribution in [1.29, 1.82) is 5.26 Å². The van der Waals surface area contributed by atoms with Gasteiger partial charge in [0.1, 0.15) is 17.6 Å². The van der Waals surface area contributed by atoms with Gasteiger partial charge in [-0.1, -0.05) is 24.3 Å². The second kappa shape index (κ2) is 9.55. The van der Waals surface area contributed by atoms with Gasteiger partial charge in [0.15, 0.2) is 0 Å². The lowest BCUT2D eigenvalue weighted by Crippen LogP contribution is -2.24. The lowest BCUT2D eigenvalue weighted by atomic mass is 9.99. The van der Waals surface area contributed by atoms with E-state index in [4.69, 9.17) is 0 Å².